The van der Waals surface area contributed by atoms with Crippen LogP contribution in [-0.2, 0) is 14.2 Å². The second-order valence-electron chi connectivity index (χ2n) is 3.48. The van der Waals surface area contributed by atoms with Gasteiger partial charge < -0.3 is 19.3 Å². The number of aliphatic hydroxyl groups is 1. The quantitative estimate of drug-likeness (QED) is 0.399. The minimum atomic E-state index is -2.03. The van der Waals surface area contributed by atoms with Gasteiger partial charge in [-0.15, -0.1) is 0 Å². The van der Waals surface area contributed by atoms with Gasteiger partial charge in [-0.25, -0.2) is 0 Å². The van der Waals surface area contributed by atoms with E-state index in [0.717, 1.165) is 0 Å². The van der Waals surface area contributed by atoms with Crippen LogP contribution in [0.2, 0.25) is 0 Å². The van der Waals surface area contributed by atoms with Gasteiger partial charge >= 0.3 is 6.08 Å². The van der Waals surface area contributed by atoms with Crippen molar-refractivity contribution in [3.8, 4) is 0 Å². The summed E-state index contributed by atoms with van der Waals surface area (Å²) in [7, 11) is 1.50. The van der Waals surface area contributed by atoms with Gasteiger partial charge in [0.25, 0.3) is 0 Å². The molecule has 6 heteroatoms. The van der Waals surface area contributed by atoms with Crippen LogP contribution < -0.4 is 0 Å². The van der Waals surface area contributed by atoms with Crippen molar-refractivity contribution in [3.05, 3.63) is 11.8 Å². The lowest BCUT2D eigenvalue weighted by molar-refractivity contribution is -0.0636. The van der Waals surface area contributed by atoms with Crippen LogP contribution in [0.5, 0.6) is 0 Å². The second kappa shape index (κ2) is 8.43. The average molecular weight is 240 g/mol. The Morgan fingerprint density at radius 3 is 2.31 bits per heavy atom. The van der Waals surface area contributed by atoms with E-state index in [1.807, 2.05) is 0 Å². The fourth-order valence-electron chi connectivity index (χ4n) is 0.861. The topological polar surface area (TPSA) is 47.9 Å². The maximum absolute atomic E-state index is 12.4. The smallest absolute Gasteiger partial charge is 0.310 e. The van der Waals surface area contributed by atoms with E-state index in [1.165, 1.54) is 7.11 Å². The highest BCUT2D eigenvalue weighted by Crippen LogP contribution is 2.19. The maximum atomic E-state index is 12.4. The molecule has 0 aliphatic rings. The Labute approximate surface area is 93.8 Å². The summed E-state index contributed by atoms with van der Waals surface area (Å²) in [5.74, 6) is -1.08. The lowest BCUT2D eigenvalue weighted by Crippen LogP contribution is -2.21. The highest BCUT2D eigenvalue weighted by molar-refractivity contribution is 5.01. The first-order chi connectivity index (χ1) is 7.50. The number of aliphatic hydroxyl groups excluding tert-OH is 1. The molecule has 96 valence electrons. The molecule has 16 heavy (non-hydrogen) atoms. The van der Waals surface area contributed by atoms with Gasteiger partial charge in [-0.2, -0.15) is 8.78 Å². The lowest BCUT2D eigenvalue weighted by atomic mass is 10.1. The van der Waals surface area contributed by atoms with E-state index in [2.05, 4.69) is 4.74 Å². The van der Waals surface area contributed by atoms with Crippen LogP contribution in [0.25, 0.3) is 0 Å². The van der Waals surface area contributed by atoms with Gasteiger partial charge in [0.15, 0.2) is 12.6 Å². The first kappa shape index (κ1) is 15.3. The third-order valence-corrected chi connectivity index (χ3v) is 1.82. The van der Waals surface area contributed by atoms with Gasteiger partial charge in [-0.1, -0.05) is 13.8 Å². The fourth-order valence-corrected chi connectivity index (χ4v) is 0.861. The van der Waals surface area contributed by atoms with Crippen molar-refractivity contribution < 1.29 is 28.1 Å². The lowest BCUT2D eigenvalue weighted by Gasteiger charge is -2.18. The van der Waals surface area contributed by atoms with Crippen molar-refractivity contribution in [1.29, 1.82) is 0 Å². The molecule has 0 aliphatic heterocycles. The molecule has 0 aliphatic carbocycles. The van der Waals surface area contributed by atoms with Gasteiger partial charge in [0.1, 0.15) is 6.10 Å². The van der Waals surface area contributed by atoms with Crippen LogP contribution in [-0.4, -0.2) is 38.3 Å². The number of methoxy groups -OCH3 is 1. The molecule has 0 aromatic heterocycles. The van der Waals surface area contributed by atoms with E-state index >= 15 is 0 Å². The minimum Gasteiger partial charge on any atom is -0.463 e. The molecular formula is C10H18F2O4. The maximum Gasteiger partial charge on any atom is 0.310 e. The molecule has 0 saturated carbocycles. The monoisotopic (exact) mass is 240 g/mol. The first-order valence-corrected chi connectivity index (χ1v) is 4.93. The third-order valence-electron chi connectivity index (χ3n) is 1.82. The van der Waals surface area contributed by atoms with Crippen molar-refractivity contribution in [1.82, 2.24) is 0 Å². The van der Waals surface area contributed by atoms with Crippen LogP contribution in [0, 0.1) is 5.92 Å². The summed E-state index contributed by atoms with van der Waals surface area (Å²) in [6, 6.07) is 0. The summed E-state index contributed by atoms with van der Waals surface area (Å²) in [5, 5.41) is 9.42. The molecule has 0 radical (unpaired) electrons. The summed E-state index contributed by atoms with van der Waals surface area (Å²) in [6.45, 7) is 3.49. The summed E-state index contributed by atoms with van der Waals surface area (Å²) in [4.78, 5) is 0. The number of rotatable bonds is 8. The molecule has 0 amide bonds. The Bertz CT molecular complexity index is 215. The molecule has 0 rings (SSSR count). The Morgan fingerprint density at radius 1 is 1.25 bits per heavy atom. The molecule has 1 N–H and O–H groups in total. The molecule has 1 atom stereocenters. The summed E-state index contributed by atoms with van der Waals surface area (Å²) >= 11 is 0. The Kier molecular flexibility index (Phi) is 8.05. The average Bonchev–Trinajstić information content (AvgIpc) is 2.21. The summed E-state index contributed by atoms with van der Waals surface area (Å²) in [6.07, 6.45) is -3.35. The van der Waals surface area contributed by atoms with Crippen LogP contribution in [0.1, 0.15) is 13.8 Å². The zero-order valence-electron chi connectivity index (χ0n) is 9.70. The second-order valence-corrected chi connectivity index (χ2v) is 3.48. The van der Waals surface area contributed by atoms with Crippen LogP contribution in [0.15, 0.2) is 11.8 Å². The highest BCUT2D eigenvalue weighted by Gasteiger charge is 2.22. The molecule has 1 unspecified atom stereocenters. The fraction of sp³-hybridized carbons (Fsp3) is 0.800. The molecule has 0 spiro atoms. The van der Waals surface area contributed by atoms with Gasteiger partial charge in [0.2, 0.25) is 0 Å². The van der Waals surface area contributed by atoms with E-state index in [1.54, 1.807) is 13.8 Å². The molecule has 0 saturated heterocycles. The standard InChI is InChI=1S/C10H18F2O4/c1-7(2)8(13)9(10(11)12)16-6-15-5-4-14-3/h7-8,13H,4-6H2,1-3H3. The third kappa shape index (κ3) is 5.99. The zero-order chi connectivity index (χ0) is 12.6. The first-order valence-electron chi connectivity index (χ1n) is 4.93. The summed E-state index contributed by atoms with van der Waals surface area (Å²) < 4.78 is 39.0. The molecule has 0 heterocycles. The number of ether oxygens (including phenoxy) is 3. The normalized spacial score (nSPS) is 12.7. The van der Waals surface area contributed by atoms with Crippen LogP contribution in [0.3, 0.4) is 0 Å². The van der Waals surface area contributed by atoms with Gasteiger partial charge in [-0.3, -0.25) is 0 Å². The molecule has 0 aromatic rings. The van der Waals surface area contributed by atoms with E-state index in [4.69, 9.17) is 9.47 Å². The van der Waals surface area contributed by atoms with Crippen molar-refractivity contribution >= 4 is 0 Å². The Balaban J connectivity index is 4.03. The van der Waals surface area contributed by atoms with E-state index in [0.29, 0.717) is 6.61 Å². The Morgan fingerprint density at radius 2 is 1.88 bits per heavy atom. The highest BCUT2D eigenvalue weighted by atomic mass is 19.3. The van der Waals surface area contributed by atoms with Gasteiger partial charge in [-0.05, 0) is 5.92 Å². The predicted octanol–water partition coefficient (Wildman–Crippen LogP) is 1.75. The Hall–Kier alpha value is -0.720. The molecule has 0 bridgehead atoms. The largest absolute Gasteiger partial charge is 0.463 e. The molecule has 0 aromatic carbocycles. The number of halogens is 2. The molecular weight excluding hydrogens is 222 g/mol. The van der Waals surface area contributed by atoms with Crippen molar-refractivity contribution in [2.24, 2.45) is 5.92 Å². The van der Waals surface area contributed by atoms with Crippen LogP contribution >= 0.6 is 0 Å². The van der Waals surface area contributed by atoms with Crippen molar-refractivity contribution in [3.63, 3.8) is 0 Å². The van der Waals surface area contributed by atoms with Gasteiger partial charge in [0.05, 0.1) is 13.2 Å². The molecule has 0 fully saturated rings. The summed E-state index contributed by atoms with van der Waals surface area (Å²) in [5.41, 5.74) is 0. The van der Waals surface area contributed by atoms with E-state index in [-0.39, 0.29) is 19.3 Å². The van der Waals surface area contributed by atoms with E-state index < -0.39 is 17.9 Å². The van der Waals surface area contributed by atoms with E-state index in [9.17, 15) is 13.9 Å². The van der Waals surface area contributed by atoms with Crippen molar-refractivity contribution in [2.45, 2.75) is 20.0 Å². The number of hydrogen-bond acceptors (Lipinski definition) is 4. The SMILES string of the molecule is COCCOCOC(=C(F)F)C(O)C(C)C. The van der Waals surface area contributed by atoms with Crippen LogP contribution in [0.4, 0.5) is 8.78 Å². The number of hydrogen-bond donors (Lipinski definition) is 1. The van der Waals surface area contributed by atoms with Gasteiger partial charge in [0, 0.05) is 7.11 Å². The zero-order valence-corrected chi connectivity index (χ0v) is 9.70. The van der Waals surface area contributed by atoms with Crippen molar-refractivity contribution in [2.75, 3.05) is 27.1 Å². The minimum absolute atomic E-state index is 0.245. The molecule has 4 nitrogen and oxygen atoms in total. The predicted molar refractivity (Wildman–Crippen MR) is 53.9 cm³/mol.